The first-order valence-electron chi connectivity index (χ1n) is 9.31. The normalized spacial score (nSPS) is 22.8. The molecule has 4 rings (SSSR count). The zero-order chi connectivity index (χ0) is 17.1. The minimum absolute atomic E-state index is 0.304. The third-order valence-corrected chi connectivity index (χ3v) is 5.49. The second-order valence-electron chi connectivity index (χ2n) is 7.32. The van der Waals surface area contributed by atoms with Crippen LogP contribution in [-0.2, 0) is 19.5 Å². The zero-order valence-electron chi connectivity index (χ0n) is 14.7. The largest absolute Gasteiger partial charge is 0.390 e. The van der Waals surface area contributed by atoms with Crippen LogP contribution in [0.3, 0.4) is 0 Å². The smallest absolute Gasteiger partial charge is 0.137 e. The number of hydrogen-bond acceptors (Lipinski definition) is 5. The molecule has 0 amide bonds. The molecule has 2 atom stereocenters. The van der Waals surface area contributed by atoms with Crippen molar-refractivity contribution < 1.29 is 5.11 Å². The fourth-order valence-corrected chi connectivity index (χ4v) is 4.22. The zero-order valence-corrected chi connectivity index (χ0v) is 14.7. The standard InChI is InChI=1S/C19H27N5O/c25-19(12-22-9-7-16-4-1-2-5-17(16)10-22)13-23-8-3-6-18(23)11-24-15-20-14-21-24/h1-2,4-5,14-15,18-19,25H,3,6-13H2. The molecule has 2 aromatic rings. The Morgan fingerprint density at radius 2 is 2.04 bits per heavy atom. The van der Waals surface area contributed by atoms with Gasteiger partial charge in [-0.2, -0.15) is 5.10 Å². The van der Waals surface area contributed by atoms with Crippen molar-refractivity contribution in [2.45, 2.75) is 44.5 Å². The summed E-state index contributed by atoms with van der Waals surface area (Å²) in [4.78, 5) is 8.83. The van der Waals surface area contributed by atoms with E-state index in [2.05, 4.69) is 44.1 Å². The monoisotopic (exact) mass is 341 g/mol. The van der Waals surface area contributed by atoms with Crippen LogP contribution >= 0.6 is 0 Å². The van der Waals surface area contributed by atoms with E-state index in [9.17, 15) is 5.11 Å². The van der Waals surface area contributed by atoms with E-state index < -0.39 is 0 Å². The molecule has 1 aromatic carbocycles. The van der Waals surface area contributed by atoms with Crippen LogP contribution in [0.15, 0.2) is 36.9 Å². The topological polar surface area (TPSA) is 57.4 Å². The van der Waals surface area contributed by atoms with Gasteiger partial charge in [-0.1, -0.05) is 24.3 Å². The van der Waals surface area contributed by atoms with Crippen LogP contribution in [0, 0.1) is 0 Å². The fraction of sp³-hybridized carbons (Fsp3) is 0.579. The Morgan fingerprint density at radius 3 is 2.88 bits per heavy atom. The number of nitrogens with zero attached hydrogens (tertiary/aromatic N) is 5. The Labute approximate surface area is 149 Å². The van der Waals surface area contributed by atoms with Gasteiger partial charge in [0.1, 0.15) is 12.7 Å². The lowest BCUT2D eigenvalue weighted by molar-refractivity contribution is 0.0621. The summed E-state index contributed by atoms with van der Waals surface area (Å²) in [6.45, 7) is 5.42. The van der Waals surface area contributed by atoms with Crippen molar-refractivity contribution in [3.8, 4) is 0 Å². The van der Waals surface area contributed by atoms with Gasteiger partial charge in [-0.3, -0.25) is 14.5 Å². The summed E-state index contributed by atoms with van der Waals surface area (Å²) in [6, 6.07) is 9.12. The molecule has 1 fully saturated rings. The minimum Gasteiger partial charge on any atom is -0.390 e. The number of aliphatic hydroxyl groups excluding tert-OH is 1. The first-order chi connectivity index (χ1) is 12.3. The molecule has 0 spiro atoms. The molecule has 2 aliphatic heterocycles. The molecule has 1 saturated heterocycles. The second kappa shape index (κ2) is 7.64. The molecule has 3 heterocycles. The van der Waals surface area contributed by atoms with Crippen molar-refractivity contribution in [1.29, 1.82) is 0 Å². The van der Waals surface area contributed by atoms with Gasteiger partial charge in [0, 0.05) is 32.2 Å². The van der Waals surface area contributed by atoms with E-state index in [1.165, 1.54) is 24.0 Å². The Balaban J connectivity index is 1.29. The van der Waals surface area contributed by atoms with Gasteiger partial charge in [-0.15, -0.1) is 0 Å². The van der Waals surface area contributed by atoms with Gasteiger partial charge in [0.2, 0.25) is 0 Å². The number of fused-ring (bicyclic) bond motifs is 1. The molecule has 1 N–H and O–H groups in total. The average molecular weight is 341 g/mol. The van der Waals surface area contributed by atoms with Crippen molar-refractivity contribution in [1.82, 2.24) is 24.6 Å². The van der Waals surface area contributed by atoms with Crippen molar-refractivity contribution in [2.75, 3.05) is 26.2 Å². The molecule has 0 radical (unpaired) electrons. The Kier molecular flexibility index (Phi) is 5.10. The van der Waals surface area contributed by atoms with Gasteiger partial charge in [-0.25, -0.2) is 4.98 Å². The maximum absolute atomic E-state index is 10.6. The number of aliphatic hydroxyl groups is 1. The molecule has 0 bridgehead atoms. The lowest BCUT2D eigenvalue weighted by atomic mass is 10.00. The van der Waals surface area contributed by atoms with Crippen LogP contribution in [-0.4, -0.2) is 68.0 Å². The second-order valence-corrected chi connectivity index (χ2v) is 7.32. The first-order valence-corrected chi connectivity index (χ1v) is 9.31. The maximum atomic E-state index is 10.6. The van der Waals surface area contributed by atoms with E-state index in [4.69, 9.17) is 0 Å². The highest BCUT2D eigenvalue weighted by atomic mass is 16.3. The predicted molar refractivity (Wildman–Crippen MR) is 96.0 cm³/mol. The van der Waals surface area contributed by atoms with Gasteiger partial charge in [0.25, 0.3) is 0 Å². The third-order valence-electron chi connectivity index (χ3n) is 5.49. The molecule has 6 heteroatoms. The van der Waals surface area contributed by atoms with Gasteiger partial charge >= 0.3 is 0 Å². The Hall–Kier alpha value is -1.76. The molecule has 6 nitrogen and oxygen atoms in total. The lowest BCUT2D eigenvalue weighted by Crippen LogP contribution is -2.44. The van der Waals surface area contributed by atoms with E-state index in [-0.39, 0.29) is 6.10 Å². The van der Waals surface area contributed by atoms with E-state index in [0.29, 0.717) is 6.04 Å². The lowest BCUT2D eigenvalue weighted by Gasteiger charge is -2.32. The number of hydrogen-bond donors (Lipinski definition) is 1. The Bertz CT molecular complexity index is 674. The molecule has 2 aliphatic rings. The van der Waals surface area contributed by atoms with Crippen molar-refractivity contribution in [3.05, 3.63) is 48.0 Å². The highest BCUT2D eigenvalue weighted by Crippen LogP contribution is 2.21. The third kappa shape index (κ3) is 4.08. The quantitative estimate of drug-likeness (QED) is 0.854. The van der Waals surface area contributed by atoms with Crippen molar-refractivity contribution in [3.63, 3.8) is 0 Å². The molecule has 0 saturated carbocycles. The molecule has 25 heavy (non-hydrogen) atoms. The number of benzene rings is 1. The number of β-amino-alcohol motifs (C(OH)–C–C–N with tert-alkyl or cyclic N) is 1. The van der Waals surface area contributed by atoms with Gasteiger partial charge < -0.3 is 5.11 Å². The summed E-state index contributed by atoms with van der Waals surface area (Å²) < 4.78 is 1.90. The molecule has 1 aromatic heterocycles. The summed E-state index contributed by atoms with van der Waals surface area (Å²) >= 11 is 0. The summed E-state index contributed by atoms with van der Waals surface area (Å²) in [5, 5.41) is 14.9. The van der Waals surface area contributed by atoms with E-state index in [0.717, 1.165) is 45.7 Å². The van der Waals surface area contributed by atoms with E-state index in [1.807, 2.05) is 4.68 Å². The molecular formula is C19H27N5O. The van der Waals surface area contributed by atoms with Gasteiger partial charge in [-0.05, 0) is 36.9 Å². The minimum atomic E-state index is -0.304. The fourth-order valence-electron chi connectivity index (χ4n) is 4.22. The number of likely N-dealkylation sites (tertiary alicyclic amines) is 1. The summed E-state index contributed by atoms with van der Waals surface area (Å²) in [5.74, 6) is 0. The highest BCUT2D eigenvalue weighted by molar-refractivity contribution is 5.29. The predicted octanol–water partition coefficient (Wildman–Crippen LogP) is 1.16. The number of aromatic nitrogens is 3. The van der Waals surface area contributed by atoms with E-state index >= 15 is 0 Å². The molecular weight excluding hydrogens is 314 g/mol. The highest BCUT2D eigenvalue weighted by Gasteiger charge is 2.28. The van der Waals surface area contributed by atoms with Crippen molar-refractivity contribution >= 4 is 0 Å². The maximum Gasteiger partial charge on any atom is 0.137 e. The first kappa shape index (κ1) is 16.7. The van der Waals surface area contributed by atoms with Crippen LogP contribution in [0.1, 0.15) is 24.0 Å². The summed E-state index contributed by atoms with van der Waals surface area (Å²) in [5.41, 5.74) is 2.87. The molecule has 0 aliphatic carbocycles. The van der Waals surface area contributed by atoms with E-state index in [1.54, 1.807) is 12.7 Å². The summed E-state index contributed by atoms with van der Waals surface area (Å²) in [6.07, 6.45) is 6.51. The SMILES string of the molecule is OC(CN1CCc2ccccc2C1)CN1CCCC1Cn1cncn1. The van der Waals surface area contributed by atoms with Crippen LogP contribution in [0.5, 0.6) is 0 Å². The van der Waals surface area contributed by atoms with Crippen LogP contribution in [0.4, 0.5) is 0 Å². The summed E-state index contributed by atoms with van der Waals surface area (Å²) in [7, 11) is 0. The van der Waals surface area contributed by atoms with Crippen LogP contribution in [0.25, 0.3) is 0 Å². The number of rotatable bonds is 6. The van der Waals surface area contributed by atoms with Gasteiger partial charge in [0.05, 0.1) is 12.6 Å². The Morgan fingerprint density at radius 1 is 1.16 bits per heavy atom. The van der Waals surface area contributed by atoms with Gasteiger partial charge in [0.15, 0.2) is 0 Å². The van der Waals surface area contributed by atoms with Crippen LogP contribution in [0.2, 0.25) is 0 Å². The van der Waals surface area contributed by atoms with Crippen LogP contribution < -0.4 is 0 Å². The molecule has 134 valence electrons. The average Bonchev–Trinajstić information content (AvgIpc) is 3.28. The molecule has 2 unspecified atom stereocenters. The van der Waals surface area contributed by atoms with Crippen molar-refractivity contribution in [2.24, 2.45) is 0 Å².